The summed E-state index contributed by atoms with van der Waals surface area (Å²) < 4.78 is 0.862. The maximum absolute atomic E-state index is 11.8. The van der Waals surface area contributed by atoms with Crippen LogP contribution < -0.4 is 10.6 Å². The summed E-state index contributed by atoms with van der Waals surface area (Å²) in [6.07, 6.45) is 0. The lowest BCUT2D eigenvalue weighted by atomic mass is 10.2. The van der Waals surface area contributed by atoms with E-state index in [9.17, 15) is 9.59 Å². The van der Waals surface area contributed by atoms with Crippen LogP contribution in [0.4, 0.5) is 16.2 Å². The van der Waals surface area contributed by atoms with Crippen LogP contribution in [0.15, 0.2) is 53.0 Å². The molecule has 0 fully saturated rings. The molecule has 0 atom stereocenters. The van der Waals surface area contributed by atoms with Gasteiger partial charge in [0.1, 0.15) is 0 Å². The molecule has 0 aromatic heterocycles. The molecule has 6 heteroatoms. The van der Waals surface area contributed by atoms with Crippen LogP contribution in [0.3, 0.4) is 0 Å². The first-order valence-electron chi connectivity index (χ1n) is 5.71. The van der Waals surface area contributed by atoms with E-state index >= 15 is 0 Å². The van der Waals surface area contributed by atoms with Crippen molar-refractivity contribution in [3.63, 3.8) is 0 Å². The van der Waals surface area contributed by atoms with E-state index in [1.807, 2.05) is 6.07 Å². The topological polar surface area (TPSA) is 78.4 Å². The van der Waals surface area contributed by atoms with Crippen LogP contribution in [0.1, 0.15) is 10.4 Å². The van der Waals surface area contributed by atoms with Crippen LogP contribution in [0.25, 0.3) is 0 Å². The van der Waals surface area contributed by atoms with Crippen molar-refractivity contribution in [3.05, 3.63) is 58.6 Å². The highest BCUT2D eigenvalue weighted by molar-refractivity contribution is 9.10. The number of aromatic carboxylic acids is 1. The highest BCUT2D eigenvalue weighted by Crippen LogP contribution is 2.16. The summed E-state index contributed by atoms with van der Waals surface area (Å²) in [5.41, 5.74) is 1.34. The molecule has 2 amide bonds. The first-order valence-corrected chi connectivity index (χ1v) is 6.51. The van der Waals surface area contributed by atoms with Crippen molar-refractivity contribution < 1.29 is 14.7 Å². The minimum atomic E-state index is -1.00. The average Bonchev–Trinajstić information content (AvgIpc) is 2.39. The van der Waals surface area contributed by atoms with E-state index in [1.54, 1.807) is 18.2 Å². The van der Waals surface area contributed by atoms with E-state index in [0.29, 0.717) is 11.4 Å². The average molecular weight is 335 g/mol. The molecule has 20 heavy (non-hydrogen) atoms. The Morgan fingerprint density at radius 3 is 2.20 bits per heavy atom. The molecule has 5 nitrogen and oxygen atoms in total. The Balaban J connectivity index is 1.99. The molecule has 2 rings (SSSR count). The van der Waals surface area contributed by atoms with Gasteiger partial charge in [0, 0.05) is 15.8 Å². The van der Waals surface area contributed by atoms with Gasteiger partial charge in [0.25, 0.3) is 0 Å². The van der Waals surface area contributed by atoms with Gasteiger partial charge < -0.3 is 15.7 Å². The van der Waals surface area contributed by atoms with Crippen LogP contribution >= 0.6 is 15.9 Å². The number of anilines is 2. The van der Waals surface area contributed by atoms with Crippen molar-refractivity contribution in [2.24, 2.45) is 0 Å². The number of hydrogen-bond acceptors (Lipinski definition) is 2. The predicted octanol–water partition coefficient (Wildman–Crippen LogP) is 3.79. The molecule has 0 radical (unpaired) electrons. The van der Waals surface area contributed by atoms with Gasteiger partial charge in [-0.15, -0.1) is 0 Å². The third kappa shape index (κ3) is 3.83. The van der Waals surface area contributed by atoms with Gasteiger partial charge in [-0.1, -0.05) is 22.0 Å². The molecule has 0 aliphatic heterocycles. The molecule has 0 saturated heterocycles. The van der Waals surface area contributed by atoms with Gasteiger partial charge in [0.15, 0.2) is 0 Å². The highest BCUT2D eigenvalue weighted by atomic mass is 79.9. The van der Waals surface area contributed by atoms with E-state index in [1.165, 1.54) is 24.3 Å². The summed E-state index contributed by atoms with van der Waals surface area (Å²) in [6, 6.07) is 12.7. The van der Waals surface area contributed by atoms with Gasteiger partial charge >= 0.3 is 12.0 Å². The van der Waals surface area contributed by atoms with Crippen molar-refractivity contribution in [2.45, 2.75) is 0 Å². The van der Waals surface area contributed by atoms with E-state index in [4.69, 9.17) is 5.11 Å². The Hall–Kier alpha value is -2.34. The van der Waals surface area contributed by atoms with Gasteiger partial charge in [0.2, 0.25) is 0 Å². The molecule has 2 aromatic carbocycles. The van der Waals surface area contributed by atoms with Crippen LogP contribution in [0.5, 0.6) is 0 Å². The number of amides is 2. The Kier molecular flexibility index (Phi) is 4.37. The number of carbonyl (C=O) groups excluding carboxylic acids is 1. The van der Waals surface area contributed by atoms with Gasteiger partial charge in [-0.05, 0) is 42.5 Å². The predicted molar refractivity (Wildman–Crippen MR) is 80.2 cm³/mol. The summed E-state index contributed by atoms with van der Waals surface area (Å²) in [4.78, 5) is 22.5. The van der Waals surface area contributed by atoms with Gasteiger partial charge in [-0.3, -0.25) is 0 Å². The largest absolute Gasteiger partial charge is 0.478 e. The first kappa shape index (κ1) is 14.1. The number of nitrogens with one attached hydrogen (secondary N) is 2. The van der Waals surface area contributed by atoms with Crippen LogP contribution in [0.2, 0.25) is 0 Å². The summed E-state index contributed by atoms with van der Waals surface area (Å²) in [7, 11) is 0. The lowest BCUT2D eigenvalue weighted by Gasteiger charge is -2.08. The molecule has 0 aliphatic carbocycles. The fourth-order valence-electron chi connectivity index (χ4n) is 1.56. The monoisotopic (exact) mass is 334 g/mol. The number of carboxylic acids is 1. The van der Waals surface area contributed by atoms with Crippen LogP contribution in [0, 0.1) is 0 Å². The normalized spacial score (nSPS) is 9.85. The molecule has 3 N–H and O–H groups in total. The minimum absolute atomic E-state index is 0.169. The number of carbonyl (C=O) groups is 2. The smallest absolute Gasteiger partial charge is 0.335 e. The van der Waals surface area contributed by atoms with E-state index in [0.717, 1.165) is 4.47 Å². The molecule has 0 unspecified atom stereocenters. The second kappa shape index (κ2) is 6.21. The molecule has 0 aliphatic rings. The summed E-state index contributed by atoms with van der Waals surface area (Å²) >= 11 is 3.31. The van der Waals surface area contributed by atoms with Crippen molar-refractivity contribution in [1.82, 2.24) is 0 Å². The zero-order valence-corrected chi connectivity index (χ0v) is 11.8. The summed E-state index contributed by atoms with van der Waals surface area (Å²) in [6.45, 7) is 0. The molecule has 2 aromatic rings. The van der Waals surface area contributed by atoms with Crippen molar-refractivity contribution in [2.75, 3.05) is 10.6 Å². The zero-order chi connectivity index (χ0) is 14.5. The van der Waals surface area contributed by atoms with Gasteiger partial charge in [-0.2, -0.15) is 0 Å². The van der Waals surface area contributed by atoms with Crippen molar-refractivity contribution in [3.8, 4) is 0 Å². The number of carboxylic acid groups (broad SMARTS) is 1. The molecule has 102 valence electrons. The van der Waals surface area contributed by atoms with Crippen LogP contribution in [-0.2, 0) is 0 Å². The Bertz CT molecular complexity index is 641. The van der Waals surface area contributed by atoms with E-state index < -0.39 is 12.0 Å². The third-order valence-electron chi connectivity index (χ3n) is 2.47. The molecular formula is C14H11BrN2O3. The Morgan fingerprint density at radius 2 is 1.60 bits per heavy atom. The number of urea groups is 1. The minimum Gasteiger partial charge on any atom is -0.478 e. The fraction of sp³-hybridized carbons (Fsp3) is 0. The number of hydrogen-bond donors (Lipinski definition) is 3. The molecular weight excluding hydrogens is 324 g/mol. The van der Waals surface area contributed by atoms with Gasteiger partial charge in [0.05, 0.1) is 5.56 Å². The van der Waals surface area contributed by atoms with E-state index in [2.05, 4.69) is 26.6 Å². The maximum atomic E-state index is 11.8. The maximum Gasteiger partial charge on any atom is 0.335 e. The summed E-state index contributed by atoms with van der Waals surface area (Å²) in [5.74, 6) is -1.00. The molecule has 0 spiro atoms. The number of halogens is 1. The zero-order valence-electron chi connectivity index (χ0n) is 10.3. The molecule has 0 saturated carbocycles. The fourth-order valence-corrected chi connectivity index (χ4v) is 1.96. The quantitative estimate of drug-likeness (QED) is 0.798. The molecule has 0 heterocycles. The first-order chi connectivity index (χ1) is 9.54. The highest BCUT2D eigenvalue weighted by Gasteiger charge is 2.05. The third-order valence-corrected chi connectivity index (χ3v) is 2.97. The lowest BCUT2D eigenvalue weighted by molar-refractivity contribution is 0.0697. The summed E-state index contributed by atoms with van der Waals surface area (Å²) in [5, 5.41) is 14.1. The standard InChI is InChI=1S/C14H11BrN2O3/c15-10-2-1-3-12(8-10)17-14(20)16-11-6-4-9(5-7-11)13(18)19/h1-8H,(H,18,19)(H2,16,17,20). The molecule has 0 bridgehead atoms. The van der Waals surface area contributed by atoms with Crippen molar-refractivity contribution in [1.29, 1.82) is 0 Å². The van der Waals surface area contributed by atoms with Crippen LogP contribution in [-0.4, -0.2) is 17.1 Å². The lowest BCUT2D eigenvalue weighted by Crippen LogP contribution is -2.19. The second-order valence-corrected chi connectivity index (χ2v) is 4.89. The number of rotatable bonds is 3. The Morgan fingerprint density at radius 1 is 0.950 bits per heavy atom. The SMILES string of the molecule is O=C(Nc1ccc(C(=O)O)cc1)Nc1cccc(Br)c1. The second-order valence-electron chi connectivity index (χ2n) is 3.97. The number of benzene rings is 2. The van der Waals surface area contributed by atoms with Crippen molar-refractivity contribution >= 4 is 39.3 Å². The Labute approximate surface area is 123 Å². The van der Waals surface area contributed by atoms with E-state index in [-0.39, 0.29) is 5.56 Å². The van der Waals surface area contributed by atoms with Gasteiger partial charge in [-0.25, -0.2) is 9.59 Å².